The number of aliphatic hydroxyl groups is 1. The lowest BCUT2D eigenvalue weighted by molar-refractivity contribution is -0.119. The smallest absolute Gasteiger partial charge is 0.266 e. The number of carbonyl (C=O) groups excluding carboxylic acids is 1. The lowest BCUT2D eigenvalue weighted by atomic mass is 9.86. The average molecular weight is 363 g/mol. The zero-order chi connectivity index (χ0) is 16.2. The molecule has 0 bridgehead atoms. The van der Waals surface area contributed by atoms with Gasteiger partial charge in [0, 0.05) is 17.3 Å². The predicted octanol–water partition coefficient (Wildman–Crippen LogP) is 3.00. The number of carbonyl (C=O) groups is 1. The van der Waals surface area contributed by atoms with E-state index in [-0.39, 0.29) is 17.8 Å². The predicted molar refractivity (Wildman–Crippen MR) is 85.2 cm³/mol. The van der Waals surface area contributed by atoms with Crippen LogP contribution >= 0.6 is 15.9 Å². The van der Waals surface area contributed by atoms with Gasteiger partial charge in [0.25, 0.3) is 5.91 Å². The van der Waals surface area contributed by atoms with Crippen LogP contribution in [0.5, 0.6) is 5.75 Å². The standard InChI is InChI=1S/C16H15BrN2O3/c1-2-16(9-14(20)13(10-18)15(21)19-16)6-7-22-12-5-3-4-11(17)8-12/h2-5,8,20H,1,6-7,9H2,(H,19,21)/t16-/m0/s1. The molecule has 0 aliphatic carbocycles. The molecule has 22 heavy (non-hydrogen) atoms. The summed E-state index contributed by atoms with van der Waals surface area (Å²) in [5.74, 6) is -0.101. The summed E-state index contributed by atoms with van der Waals surface area (Å²) in [6, 6.07) is 9.12. The third-order valence-corrected chi connectivity index (χ3v) is 3.97. The van der Waals surface area contributed by atoms with Gasteiger partial charge in [-0.2, -0.15) is 5.26 Å². The van der Waals surface area contributed by atoms with E-state index in [0.717, 1.165) is 4.47 Å². The Balaban J connectivity index is 2.04. The van der Waals surface area contributed by atoms with E-state index in [1.807, 2.05) is 24.3 Å². The molecule has 1 heterocycles. The molecule has 1 aliphatic heterocycles. The highest BCUT2D eigenvalue weighted by Crippen LogP contribution is 2.28. The summed E-state index contributed by atoms with van der Waals surface area (Å²) in [5, 5.41) is 21.4. The minimum atomic E-state index is -0.812. The van der Waals surface area contributed by atoms with Crippen LogP contribution in [0.2, 0.25) is 0 Å². The van der Waals surface area contributed by atoms with Crippen molar-refractivity contribution in [3.05, 3.63) is 52.7 Å². The fraction of sp³-hybridized carbons (Fsp3) is 0.250. The van der Waals surface area contributed by atoms with Gasteiger partial charge in [-0.3, -0.25) is 4.79 Å². The van der Waals surface area contributed by atoms with Crippen LogP contribution in [0.15, 0.2) is 52.7 Å². The van der Waals surface area contributed by atoms with Gasteiger partial charge < -0.3 is 15.2 Å². The van der Waals surface area contributed by atoms with Crippen LogP contribution in [0, 0.1) is 11.3 Å². The van der Waals surface area contributed by atoms with Crippen LogP contribution < -0.4 is 10.1 Å². The van der Waals surface area contributed by atoms with Crippen molar-refractivity contribution < 1.29 is 14.6 Å². The van der Waals surface area contributed by atoms with E-state index in [1.165, 1.54) is 0 Å². The number of nitrogens with zero attached hydrogens (tertiary/aromatic N) is 1. The normalized spacial score (nSPS) is 21.0. The van der Waals surface area contributed by atoms with Gasteiger partial charge in [0.2, 0.25) is 0 Å². The minimum absolute atomic E-state index is 0.132. The van der Waals surface area contributed by atoms with E-state index in [9.17, 15) is 9.90 Å². The van der Waals surface area contributed by atoms with E-state index in [2.05, 4.69) is 27.8 Å². The molecule has 1 aliphatic rings. The molecule has 1 atom stereocenters. The monoisotopic (exact) mass is 362 g/mol. The Kier molecular flexibility index (Phi) is 4.88. The van der Waals surface area contributed by atoms with Crippen molar-refractivity contribution >= 4 is 21.8 Å². The Hall–Kier alpha value is -2.26. The number of amides is 1. The van der Waals surface area contributed by atoms with Gasteiger partial charge in [0.1, 0.15) is 17.6 Å². The largest absolute Gasteiger partial charge is 0.511 e. The first-order valence-electron chi connectivity index (χ1n) is 6.66. The number of hydrogen-bond acceptors (Lipinski definition) is 4. The Morgan fingerprint density at radius 3 is 2.95 bits per heavy atom. The molecule has 0 unspecified atom stereocenters. The van der Waals surface area contributed by atoms with Gasteiger partial charge in [-0.15, -0.1) is 6.58 Å². The lowest BCUT2D eigenvalue weighted by Gasteiger charge is -2.34. The van der Waals surface area contributed by atoms with E-state index in [1.54, 1.807) is 12.1 Å². The van der Waals surface area contributed by atoms with E-state index in [0.29, 0.717) is 18.8 Å². The number of hydrogen-bond donors (Lipinski definition) is 2. The van der Waals surface area contributed by atoms with Crippen LogP contribution in [0.3, 0.4) is 0 Å². The summed E-state index contributed by atoms with van der Waals surface area (Å²) < 4.78 is 6.56. The number of nitriles is 1. The maximum absolute atomic E-state index is 11.8. The van der Waals surface area contributed by atoms with Crippen molar-refractivity contribution in [1.82, 2.24) is 5.32 Å². The zero-order valence-corrected chi connectivity index (χ0v) is 13.4. The van der Waals surface area contributed by atoms with Gasteiger partial charge in [0.05, 0.1) is 12.1 Å². The summed E-state index contributed by atoms with van der Waals surface area (Å²) in [5.41, 5.74) is -1.06. The molecule has 0 aromatic heterocycles. The Labute approximate surface area is 137 Å². The summed E-state index contributed by atoms with van der Waals surface area (Å²) in [7, 11) is 0. The van der Waals surface area contributed by atoms with Gasteiger partial charge >= 0.3 is 0 Å². The van der Waals surface area contributed by atoms with Crippen LogP contribution in [-0.4, -0.2) is 23.2 Å². The van der Waals surface area contributed by atoms with Crippen molar-refractivity contribution in [3.8, 4) is 11.8 Å². The SMILES string of the molecule is C=C[C@]1(CCOc2cccc(Br)c2)CC(O)=C(C#N)C(=O)N1. The first-order chi connectivity index (χ1) is 10.5. The molecule has 1 aromatic carbocycles. The molecule has 2 N–H and O–H groups in total. The van der Waals surface area contributed by atoms with E-state index < -0.39 is 11.4 Å². The van der Waals surface area contributed by atoms with Crippen molar-refractivity contribution in [2.24, 2.45) is 0 Å². The molecular weight excluding hydrogens is 348 g/mol. The van der Waals surface area contributed by atoms with Crippen molar-refractivity contribution in [2.75, 3.05) is 6.61 Å². The van der Waals surface area contributed by atoms with Crippen LogP contribution in [0.4, 0.5) is 0 Å². The molecule has 5 nitrogen and oxygen atoms in total. The van der Waals surface area contributed by atoms with Crippen molar-refractivity contribution in [2.45, 2.75) is 18.4 Å². The summed E-state index contributed by atoms with van der Waals surface area (Å²) in [6.45, 7) is 4.05. The molecule has 0 saturated carbocycles. The Morgan fingerprint density at radius 1 is 1.59 bits per heavy atom. The van der Waals surface area contributed by atoms with E-state index >= 15 is 0 Å². The molecule has 1 aromatic rings. The molecule has 0 spiro atoms. The third-order valence-electron chi connectivity index (χ3n) is 3.48. The lowest BCUT2D eigenvalue weighted by Crippen LogP contribution is -2.51. The quantitative estimate of drug-likeness (QED) is 0.788. The molecule has 0 saturated heterocycles. The highest BCUT2D eigenvalue weighted by Gasteiger charge is 2.37. The molecule has 2 rings (SSSR count). The van der Waals surface area contributed by atoms with Gasteiger partial charge in [-0.25, -0.2) is 0 Å². The highest BCUT2D eigenvalue weighted by atomic mass is 79.9. The number of ether oxygens (including phenoxy) is 1. The van der Waals surface area contributed by atoms with E-state index in [4.69, 9.17) is 10.00 Å². The Bertz CT molecular complexity index is 678. The summed E-state index contributed by atoms with van der Waals surface area (Å²) in [6.07, 6.45) is 2.13. The maximum Gasteiger partial charge on any atom is 0.266 e. The second-order valence-corrected chi connectivity index (χ2v) is 5.90. The minimum Gasteiger partial charge on any atom is -0.511 e. The third kappa shape index (κ3) is 3.49. The number of nitrogens with one attached hydrogen (secondary N) is 1. The second kappa shape index (κ2) is 6.67. The molecule has 6 heteroatoms. The molecular formula is C16H15BrN2O3. The number of benzene rings is 1. The van der Waals surface area contributed by atoms with Crippen LogP contribution in [-0.2, 0) is 4.79 Å². The second-order valence-electron chi connectivity index (χ2n) is 4.98. The molecule has 1 amide bonds. The number of aliphatic hydroxyl groups excluding tert-OH is 1. The molecule has 114 valence electrons. The van der Waals surface area contributed by atoms with Gasteiger partial charge in [-0.1, -0.05) is 28.1 Å². The Morgan fingerprint density at radius 2 is 2.36 bits per heavy atom. The first-order valence-corrected chi connectivity index (χ1v) is 7.46. The van der Waals surface area contributed by atoms with Gasteiger partial charge in [0.15, 0.2) is 5.57 Å². The van der Waals surface area contributed by atoms with Crippen LogP contribution in [0.25, 0.3) is 0 Å². The van der Waals surface area contributed by atoms with Crippen LogP contribution in [0.1, 0.15) is 12.8 Å². The topological polar surface area (TPSA) is 82.3 Å². The molecule has 0 radical (unpaired) electrons. The summed E-state index contributed by atoms with van der Waals surface area (Å²) >= 11 is 3.36. The number of halogens is 1. The van der Waals surface area contributed by atoms with Crippen molar-refractivity contribution in [3.63, 3.8) is 0 Å². The fourth-order valence-corrected chi connectivity index (χ4v) is 2.63. The fourth-order valence-electron chi connectivity index (χ4n) is 2.25. The maximum atomic E-state index is 11.8. The molecule has 0 fully saturated rings. The zero-order valence-electron chi connectivity index (χ0n) is 11.8. The highest BCUT2D eigenvalue weighted by molar-refractivity contribution is 9.10. The van der Waals surface area contributed by atoms with Gasteiger partial charge in [-0.05, 0) is 18.2 Å². The number of rotatable bonds is 5. The summed E-state index contributed by atoms with van der Waals surface area (Å²) in [4.78, 5) is 11.8. The average Bonchev–Trinajstić information content (AvgIpc) is 2.47. The first kappa shape index (κ1) is 16.1. The van der Waals surface area contributed by atoms with Crippen molar-refractivity contribution in [1.29, 1.82) is 5.26 Å².